The molecule has 5 heteroatoms. The van der Waals surface area contributed by atoms with Crippen molar-refractivity contribution in [1.82, 2.24) is 0 Å². The molecule has 0 aromatic heterocycles. The number of carbonyl (C=O) groups is 1. The average molecular weight is 252 g/mol. The first-order valence-electron chi connectivity index (χ1n) is 5.68. The first-order chi connectivity index (χ1) is 8.47. The highest BCUT2D eigenvalue weighted by Crippen LogP contribution is 2.22. The first-order valence-corrected chi connectivity index (χ1v) is 5.68. The van der Waals surface area contributed by atoms with E-state index in [0.29, 0.717) is 6.42 Å². The Kier molecular flexibility index (Phi) is 3.43. The van der Waals surface area contributed by atoms with E-state index in [1.807, 2.05) is 0 Å². The van der Waals surface area contributed by atoms with E-state index in [1.165, 1.54) is 6.92 Å². The largest absolute Gasteiger partial charge is 0.324 e. The van der Waals surface area contributed by atoms with Crippen LogP contribution in [0.25, 0.3) is 0 Å². The quantitative estimate of drug-likeness (QED) is 0.792. The van der Waals surface area contributed by atoms with Crippen molar-refractivity contribution in [3.05, 3.63) is 41.5 Å². The average Bonchev–Trinajstić information content (AvgIpc) is 2.73. The van der Waals surface area contributed by atoms with Crippen molar-refractivity contribution in [2.75, 3.05) is 5.32 Å². The number of hydrogen-bond acceptors (Lipinski definition) is 2. The van der Waals surface area contributed by atoms with Gasteiger partial charge in [-0.2, -0.15) is 0 Å². The number of benzene rings is 1. The summed E-state index contributed by atoms with van der Waals surface area (Å²) in [5, 5.41) is 2.38. The van der Waals surface area contributed by atoms with Crippen LogP contribution < -0.4 is 11.1 Å². The maximum absolute atomic E-state index is 13.5. The Balaban J connectivity index is 2.12. The fourth-order valence-corrected chi connectivity index (χ4v) is 1.89. The van der Waals surface area contributed by atoms with Crippen LogP contribution in [0.4, 0.5) is 14.5 Å². The SMILES string of the molecule is Cc1cc(F)c(NC(=O)C2C=CC(N)C2)cc1F. The van der Waals surface area contributed by atoms with Crippen LogP contribution >= 0.6 is 0 Å². The molecular weight excluding hydrogens is 238 g/mol. The third-order valence-corrected chi connectivity index (χ3v) is 2.96. The molecule has 18 heavy (non-hydrogen) atoms. The molecule has 1 aliphatic carbocycles. The second-order valence-corrected chi connectivity index (χ2v) is 4.46. The monoisotopic (exact) mass is 252 g/mol. The van der Waals surface area contributed by atoms with Gasteiger partial charge >= 0.3 is 0 Å². The van der Waals surface area contributed by atoms with Gasteiger partial charge in [-0.3, -0.25) is 4.79 Å². The number of anilines is 1. The zero-order chi connectivity index (χ0) is 13.3. The fourth-order valence-electron chi connectivity index (χ4n) is 1.89. The third kappa shape index (κ3) is 2.56. The zero-order valence-corrected chi connectivity index (χ0v) is 9.91. The normalized spacial score (nSPS) is 22.2. The summed E-state index contributed by atoms with van der Waals surface area (Å²) in [6.45, 7) is 1.46. The lowest BCUT2D eigenvalue weighted by molar-refractivity contribution is -0.118. The molecule has 3 N–H and O–H groups in total. The number of halogens is 2. The van der Waals surface area contributed by atoms with Crippen molar-refractivity contribution in [3.8, 4) is 0 Å². The van der Waals surface area contributed by atoms with E-state index in [2.05, 4.69) is 5.32 Å². The lowest BCUT2D eigenvalue weighted by Crippen LogP contribution is -2.24. The Morgan fingerprint density at radius 3 is 2.67 bits per heavy atom. The number of amides is 1. The molecule has 1 aromatic carbocycles. The third-order valence-electron chi connectivity index (χ3n) is 2.96. The van der Waals surface area contributed by atoms with Crippen molar-refractivity contribution in [2.45, 2.75) is 19.4 Å². The van der Waals surface area contributed by atoms with Crippen LogP contribution in [0.15, 0.2) is 24.3 Å². The smallest absolute Gasteiger partial charge is 0.231 e. The Bertz CT molecular complexity index is 514. The second-order valence-electron chi connectivity index (χ2n) is 4.46. The molecule has 0 heterocycles. The Morgan fingerprint density at radius 1 is 1.33 bits per heavy atom. The summed E-state index contributed by atoms with van der Waals surface area (Å²) in [6.07, 6.45) is 3.90. The molecule has 0 saturated carbocycles. The number of nitrogens with two attached hydrogens (primary N) is 1. The predicted molar refractivity (Wildman–Crippen MR) is 64.9 cm³/mol. The van der Waals surface area contributed by atoms with E-state index < -0.39 is 11.6 Å². The van der Waals surface area contributed by atoms with Crippen LogP contribution in [0.2, 0.25) is 0 Å². The van der Waals surface area contributed by atoms with Crippen LogP contribution in [-0.2, 0) is 4.79 Å². The molecule has 0 aliphatic heterocycles. The minimum atomic E-state index is -0.645. The lowest BCUT2D eigenvalue weighted by Gasteiger charge is -2.11. The summed E-state index contributed by atoms with van der Waals surface area (Å²) in [5.74, 6) is -1.95. The number of aryl methyl sites for hydroxylation is 1. The van der Waals surface area contributed by atoms with E-state index in [0.717, 1.165) is 12.1 Å². The molecule has 0 bridgehead atoms. The molecule has 96 valence electrons. The molecule has 0 saturated heterocycles. The zero-order valence-electron chi connectivity index (χ0n) is 9.91. The van der Waals surface area contributed by atoms with Crippen LogP contribution in [0, 0.1) is 24.5 Å². The molecule has 0 fully saturated rings. The van der Waals surface area contributed by atoms with Crippen LogP contribution in [0.1, 0.15) is 12.0 Å². The van der Waals surface area contributed by atoms with E-state index in [-0.39, 0.29) is 29.1 Å². The topological polar surface area (TPSA) is 55.1 Å². The van der Waals surface area contributed by atoms with Crippen LogP contribution in [0.5, 0.6) is 0 Å². The Hall–Kier alpha value is -1.75. The number of carbonyl (C=O) groups excluding carboxylic acids is 1. The van der Waals surface area contributed by atoms with Gasteiger partial charge in [0, 0.05) is 12.1 Å². The minimum absolute atomic E-state index is 0.142. The van der Waals surface area contributed by atoms with Gasteiger partial charge in [0.15, 0.2) is 0 Å². The lowest BCUT2D eigenvalue weighted by atomic mass is 10.1. The van der Waals surface area contributed by atoms with Crippen molar-refractivity contribution >= 4 is 11.6 Å². The molecule has 1 amide bonds. The van der Waals surface area contributed by atoms with Crippen LogP contribution in [0.3, 0.4) is 0 Å². The van der Waals surface area contributed by atoms with Gasteiger partial charge < -0.3 is 11.1 Å². The maximum Gasteiger partial charge on any atom is 0.231 e. The van der Waals surface area contributed by atoms with Crippen molar-refractivity contribution in [3.63, 3.8) is 0 Å². The van der Waals surface area contributed by atoms with Crippen LogP contribution in [-0.4, -0.2) is 11.9 Å². The molecule has 0 radical (unpaired) electrons. The summed E-state index contributed by atoms with van der Waals surface area (Å²) in [7, 11) is 0. The molecule has 3 nitrogen and oxygen atoms in total. The summed E-state index contributed by atoms with van der Waals surface area (Å²) in [5.41, 5.74) is 5.69. The highest BCUT2D eigenvalue weighted by molar-refractivity contribution is 5.94. The Labute approximate surface area is 104 Å². The van der Waals surface area contributed by atoms with Gasteiger partial charge in [0.1, 0.15) is 11.6 Å². The van der Waals surface area contributed by atoms with Gasteiger partial charge in [0.2, 0.25) is 5.91 Å². The van der Waals surface area contributed by atoms with Crippen molar-refractivity contribution < 1.29 is 13.6 Å². The molecule has 1 aliphatic rings. The standard InChI is InChI=1S/C13H14F2N2O/c1-7-4-11(15)12(6-10(7)14)17-13(18)8-2-3-9(16)5-8/h2-4,6,8-9H,5,16H2,1H3,(H,17,18). The second kappa shape index (κ2) is 4.86. The fraction of sp³-hybridized carbons (Fsp3) is 0.308. The highest BCUT2D eigenvalue weighted by Gasteiger charge is 2.23. The Morgan fingerprint density at radius 2 is 2.06 bits per heavy atom. The molecule has 2 unspecified atom stereocenters. The van der Waals surface area contributed by atoms with Crippen molar-refractivity contribution in [1.29, 1.82) is 0 Å². The van der Waals surface area contributed by atoms with Gasteiger partial charge in [0.05, 0.1) is 11.6 Å². The van der Waals surface area contributed by atoms with E-state index in [4.69, 9.17) is 5.73 Å². The summed E-state index contributed by atoms with van der Waals surface area (Å²) in [6, 6.07) is 1.89. The summed E-state index contributed by atoms with van der Waals surface area (Å²) < 4.78 is 26.8. The number of rotatable bonds is 2. The van der Waals surface area contributed by atoms with Crippen molar-refractivity contribution in [2.24, 2.45) is 11.7 Å². The van der Waals surface area contributed by atoms with E-state index in [1.54, 1.807) is 12.2 Å². The molecule has 2 atom stereocenters. The maximum atomic E-state index is 13.5. The molecular formula is C13H14F2N2O. The van der Waals surface area contributed by atoms with Gasteiger partial charge in [-0.25, -0.2) is 8.78 Å². The number of nitrogens with one attached hydrogen (secondary N) is 1. The predicted octanol–water partition coefficient (Wildman–Crippen LogP) is 2.12. The molecule has 2 rings (SSSR count). The van der Waals surface area contributed by atoms with Gasteiger partial charge in [-0.05, 0) is 25.0 Å². The van der Waals surface area contributed by atoms with Gasteiger partial charge in [0.25, 0.3) is 0 Å². The molecule has 1 aromatic rings. The minimum Gasteiger partial charge on any atom is -0.324 e. The summed E-state index contributed by atoms with van der Waals surface area (Å²) >= 11 is 0. The summed E-state index contributed by atoms with van der Waals surface area (Å²) in [4.78, 5) is 11.8. The first kappa shape index (κ1) is 12.7. The van der Waals surface area contributed by atoms with E-state index in [9.17, 15) is 13.6 Å². The van der Waals surface area contributed by atoms with Gasteiger partial charge in [-0.15, -0.1) is 0 Å². The number of hydrogen-bond donors (Lipinski definition) is 2. The molecule has 0 spiro atoms. The van der Waals surface area contributed by atoms with Gasteiger partial charge in [-0.1, -0.05) is 12.2 Å². The van der Waals surface area contributed by atoms with E-state index >= 15 is 0 Å². The highest BCUT2D eigenvalue weighted by atomic mass is 19.1.